The molecular weight excluding hydrogens is 258 g/mol. The molecule has 96 valence electrons. The number of ether oxygens (including phenoxy) is 1. The monoisotopic (exact) mass is 269 g/mol. The number of anilines is 1. The second-order valence-corrected chi connectivity index (χ2v) is 3.36. The predicted molar refractivity (Wildman–Crippen MR) is 67.7 cm³/mol. The second kappa shape index (κ2) is 7.39. The van der Waals surface area contributed by atoms with Crippen LogP contribution >= 0.6 is 11.6 Å². The molecule has 0 fully saturated rings. The van der Waals surface area contributed by atoms with Crippen molar-refractivity contribution in [3.8, 4) is 0 Å². The predicted octanol–water partition coefficient (Wildman–Crippen LogP) is 1.22. The van der Waals surface area contributed by atoms with Crippen molar-refractivity contribution in [1.82, 2.24) is 4.98 Å². The van der Waals surface area contributed by atoms with E-state index in [2.05, 4.69) is 15.5 Å². The summed E-state index contributed by atoms with van der Waals surface area (Å²) in [6.45, 7) is 1.79. The Bertz CT molecular complexity index is 448. The molecule has 0 radical (unpaired) electrons. The number of halogens is 1. The maximum absolute atomic E-state index is 11.5. The number of rotatable bonds is 6. The third kappa shape index (κ3) is 4.14. The fourth-order valence-corrected chi connectivity index (χ4v) is 1.16. The molecule has 6 nitrogen and oxygen atoms in total. The Labute approximate surface area is 109 Å². The van der Waals surface area contributed by atoms with Crippen LogP contribution in [0.15, 0.2) is 29.6 Å². The third-order valence-corrected chi connectivity index (χ3v) is 2.06. The highest BCUT2D eigenvalue weighted by Gasteiger charge is 2.21. The van der Waals surface area contributed by atoms with Crippen LogP contribution in [0.1, 0.15) is 6.92 Å². The Morgan fingerprint density at radius 2 is 2.33 bits per heavy atom. The number of nitrogens with one attached hydrogen (secondary N) is 1. The zero-order valence-corrected chi connectivity index (χ0v) is 10.5. The molecule has 1 heterocycles. The number of aromatic nitrogens is 1. The van der Waals surface area contributed by atoms with Gasteiger partial charge in [0.05, 0.1) is 24.4 Å². The lowest BCUT2D eigenvalue weighted by atomic mass is 10.3. The number of carbonyl (C=O) groups excluding carboxylic acids is 2. The number of hydrogen-bond donors (Lipinski definition) is 1. The molecule has 0 aliphatic heterocycles. The highest BCUT2D eigenvalue weighted by atomic mass is 35.5. The normalized spacial score (nSPS) is 10.9. The molecule has 0 aliphatic carbocycles. The van der Waals surface area contributed by atoms with Crippen molar-refractivity contribution < 1.29 is 14.3 Å². The lowest BCUT2D eigenvalue weighted by Crippen LogP contribution is -2.28. The Morgan fingerprint density at radius 1 is 1.56 bits per heavy atom. The first-order valence-corrected chi connectivity index (χ1v) is 5.72. The molecule has 7 heteroatoms. The number of alkyl halides is 1. The average Bonchev–Trinajstić information content (AvgIpc) is 2.40. The van der Waals surface area contributed by atoms with Gasteiger partial charge in [0.1, 0.15) is 0 Å². The molecule has 1 rings (SSSR count). The van der Waals surface area contributed by atoms with Gasteiger partial charge in [-0.1, -0.05) is 0 Å². The van der Waals surface area contributed by atoms with E-state index in [4.69, 9.17) is 16.3 Å². The topological polar surface area (TPSA) is 80.7 Å². The molecule has 1 N–H and O–H groups in total. The molecule has 1 aromatic rings. The lowest BCUT2D eigenvalue weighted by molar-refractivity contribution is -0.135. The van der Waals surface area contributed by atoms with Crippen LogP contribution in [0.4, 0.5) is 5.69 Å². The SMILES string of the molecule is CCOC(=O)C(=NNc1cccnc1)C(=O)CCl. The Kier molecular flexibility index (Phi) is 5.79. The first-order chi connectivity index (χ1) is 8.69. The van der Waals surface area contributed by atoms with Crippen LogP contribution < -0.4 is 5.43 Å². The van der Waals surface area contributed by atoms with Gasteiger partial charge in [0.25, 0.3) is 0 Å². The molecule has 1 aromatic heterocycles. The number of pyridine rings is 1. The van der Waals surface area contributed by atoms with Crippen molar-refractivity contribution in [3.63, 3.8) is 0 Å². The minimum atomic E-state index is -0.806. The summed E-state index contributed by atoms with van der Waals surface area (Å²) in [7, 11) is 0. The van der Waals surface area contributed by atoms with Gasteiger partial charge in [0.15, 0.2) is 0 Å². The summed E-state index contributed by atoms with van der Waals surface area (Å²) < 4.78 is 4.71. The van der Waals surface area contributed by atoms with E-state index in [9.17, 15) is 9.59 Å². The van der Waals surface area contributed by atoms with E-state index in [0.29, 0.717) is 5.69 Å². The lowest BCUT2D eigenvalue weighted by Gasteiger charge is -2.04. The standard InChI is InChI=1S/C11H12ClN3O3/c1-2-18-11(17)10(9(16)6-12)15-14-8-4-3-5-13-7-8/h3-5,7,14H,2,6H2,1H3. The number of hydrogen-bond acceptors (Lipinski definition) is 6. The highest BCUT2D eigenvalue weighted by molar-refractivity contribution is 6.67. The van der Waals surface area contributed by atoms with Crippen molar-refractivity contribution in [2.75, 3.05) is 17.9 Å². The molecular formula is C11H12ClN3O3. The summed E-state index contributed by atoms with van der Waals surface area (Å²) in [5.41, 5.74) is 2.72. The highest BCUT2D eigenvalue weighted by Crippen LogP contribution is 2.03. The number of Topliss-reactive ketones (excluding diaryl/α,β-unsaturated/α-hetero) is 1. The van der Waals surface area contributed by atoms with Crippen molar-refractivity contribution >= 4 is 34.8 Å². The van der Waals surface area contributed by atoms with E-state index in [-0.39, 0.29) is 18.2 Å². The zero-order valence-electron chi connectivity index (χ0n) is 9.72. The maximum atomic E-state index is 11.5. The van der Waals surface area contributed by atoms with Gasteiger partial charge in [0.2, 0.25) is 11.5 Å². The van der Waals surface area contributed by atoms with Crippen LogP contribution in [0.3, 0.4) is 0 Å². The number of ketones is 1. The molecule has 0 aliphatic rings. The molecule has 0 amide bonds. The molecule has 0 bridgehead atoms. The molecule has 0 spiro atoms. The van der Waals surface area contributed by atoms with Crippen molar-refractivity contribution in [1.29, 1.82) is 0 Å². The van der Waals surface area contributed by atoms with Crippen LogP contribution in [-0.4, -0.2) is 34.9 Å². The van der Waals surface area contributed by atoms with Gasteiger partial charge in [0, 0.05) is 6.20 Å². The summed E-state index contributed by atoms with van der Waals surface area (Å²) in [5.74, 6) is -1.75. The van der Waals surface area contributed by atoms with Gasteiger partial charge in [-0.15, -0.1) is 11.6 Å². The van der Waals surface area contributed by atoms with Gasteiger partial charge >= 0.3 is 5.97 Å². The largest absolute Gasteiger partial charge is 0.461 e. The quantitative estimate of drug-likeness (QED) is 0.276. The summed E-state index contributed by atoms with van der Waals surface area (Å²) in [5, 5.41) is 3.70. The fourth-order valence-electron chi connectivity index (χ4n) is 1.03. The molecule has 0 saturated heterocycles. The van der Waals surface area contributed by atoms with Crippen LogP contribution in [-0.2, 0) is 14.3 Å². The Morgan fingerprint density at radius 3 is 2.89 bits per heavy atom. The Balaban J connectivity index is 2.83. The van der Waals surface area contributed by atoms with Crippen molar-refractivity contribution in [2.24, 2.45) is 5.10 Å². The van der Waals surface area contributed by atoms with Gasteiger partial charge in [-0.25, -0.2) is 4.79 Å². The van der Waals surface area contributed by atoms with Crippen molar-refractivity contribution in [2.45, 2.75) is 6.92 Å². The van der Waals surface area contributed by atoms with Crippen LogP contribution in [0.5, 0.6) is 0 Å². The Hall–Kier alpha value is -1.95. The third-order valence-electron chi connectivity index (χ3n) is 1.81. The second-order valence-electron chi connectivity index (χ2n) is 3.09. The first-order valence-electron chi connectivity index (χ1n) is 5.19. The molecule has 0 saturated carbocycles. The number of hydrazone groups is 1. The number of nitrogens with zero attached hydrogens (tertiary/aromatic N) is 2. The summed E-state index contributed by atoms with van der Waals surface area (Å²) in [6.07, 6.45) is 3.09. The van der Waals surface area contributed by atoms with E-state index in [1.807, 2.05) is 0 Å². The van der Waals surface area contributed by atoms with Crippen LogP contribution in [0, 0.1) is 0 Å². The van der Waals surface area contributed by atoms with Crippen LogP contribution in [0.2, 0.25) is 0 Å². The molecule has 0 unspecified atom stereocenters. The van der Waals surface area contributed by atoms with Crippen molar-refractivity contribution in [3.05, 3.63) is 24.5 Å². The first kappa shape index (κ1) is 14.1. The van der Waals surface area contributed by atoms with E-state index in [1.54, 1.807) is 25.3 Å². The number of esters is 1. The zero-order chi connectivity index (χ0) is 13.4. The smallest absolute Gasteiger partial charge is 0.362 e. The van der Waals surface area contributed by atoms with E-state index < -0.39 is 11.8 Å². The maximum Gasteiger partial charge on any atom is 0.362 e. The molecule has 18 heavy (non-hydrogen) atoms. The molecule has 0 atom stereocenters. The van der Waals surface area contributed by atoms with Crippen LogP contribution in [0.25, 0.3) is 0 Å². The van der Waals surface area contributed by atoms with E-state index >= 15 is 0 Å². The van der Waals surface area contributed by atoms with E-state index in [0.717, 1.165) is 0 Å². The average molecular weight is 270 g/mol. The van der Waals surface area contributed by atoms with Gasteiger partial charge in [-0.05, 0) is 19.1 Å². The minimum absolute atomic E-state index is 0.153. The summed E-state index contributed by atoms with van der Waals surface area (Å²) in [4.78, 5) is 26.8. The van der Waals surface area contributed by atoms with Gasteiger partial charge < -0.3 is 4.74 Å². The van der Waals surface area contributed by atoms with E-state index in [1.165, 1.54) is 6.20 Å². The number of carbonyl (C=O) groups is 2. The van der Waals surface area contributed by atoms with Gasteiger partial charge in [-0.2, -0.15) is 5.10 Å². The fraction of sp³-hybridized carbons (Fsp3) is 0.273. The molecule has 0 aromatic carbocycles. The summed E-state index contributed by atoms with van der Waals surface area (Å²) >= 11 is 5.39. The minimum Gasteiger partial charge on any atom is -0.461 e. The summed E-state index contributed by atoms with van der Waals surface area (Å²) in [6, 6.07) is 3.37. The van der Waals surface area contributed by atoms with Gasteiger partial charge in [-0.3, -0.25) is 15.2 Å².